The number of thiol groups is 2. The van der Waals surface area contributed by atoms with E-state index in [4.69, 9.17) is 22.3 Å². The zero-order valence-electron chi connectivity index (χ0n) is 30.6. The Morgan fingerprint density at radius 1 is 0.673 bits per heavy atom. The first kappa shape index (κ1) is 50.1. The minimum Gasteiger partial charge on any atom is -0.481 e. The van der Waals surface area contributed by atoms with Gasteiger partial charge in [0.25, 0.3) is 0 Å². The number of aliphatic carboxylic acids is 2. The highest BCUT2D eigenvalue weighted by Gasteiger charge is 2.33. The lowest BCUT2D eigenvalue weighted by Gasteiger charge is -2.27. The van der Waals surface area contributed by atoms with Crippen LogP contribution < -0.4 is 54.4 Å². The fraction of sp³-hybridized carbons (Fsp3) is 0.667. The standard InChI is InChI=1S/C30H53N11O12S2/c1-13(2)7-17(27(50)39-18(8-22(44)45)26(49)36-14(3)23(46)41-20(12-55)29(52)53)38-28(51)19(10-42)40-25(48)16(5-4-6-34-30(32)33)37-21(43)9-35-24(47)15(31)11-54/h13-20,42,54-55H,4-12,31H2,1-3H3,(H,35,47)(H,36,49)(H,37,43)(H,38,51)(H,39,50)(H,40,48)(H,41,46)(H,44,45)(H,52,53)(H4,32,33,34)/t14-,15-,16-,17-,18-,19-,20-/m0/s1. The Hall–Kier alpha value is -4.88. The van der Waals surface area contributed by atoms with E-state index in [2.05, 4.69) is 67.5 Å². The van der Waals surface area contributed by atoms with Crippen molar-refractivity contribution in [1.29, 1.82) is 0 Å². The van der Waals surface area contributed by atoms with Gasteiger partial charge in [0.05, 0.1) is 25.6 Å². The number of amides is 7. The number of carboxylic acid groups (broad SMARTS) is 2. The Balaban J connectivity index is 5.96. The molecule has 7 atom stereocenters. The van der Waals surface area contributed by atoms with Gasteiger partial charge in [-0.05, 0) is 32.1 Å². The van der Waals surface area contributed by atoms with Crippen molar-refractivity contribution in [2.24, 2.45) is 28.1 Å². The molecule has 0 radical (unpaired) electrons. The summed E-state index contributed by atoms with van der Waals surface area (Å²) in [5, 5.41) is 44.5. The minimum atomic E-state index is -1.78. The Labute approximate surface area is 327 Å². The average Bonchev–Trinajstić information content (AvgIpc) is 3.10. The van der Waals surface area contributed by atoms with E-state index in [1.165, 1.54) is 6.92 Å². The van der Waals surface area contributed by atoms with Crippen molar-refractivity contribution >= 4 is 84.5 Å². The number of nitrogens with one attached hydrogen (secondary N) is 7. The monoisotopic (exact) mass is 823 g/mol. The summed E-state index contributed by atoms with van der Waals surface area (Å²) in [4.78, 5) is 117. The van der Waals surface area contributed by atoms with E-state index in [0.717, 1.165) is 0 Å². The molecule has 55 heavy (non-hydrogen) atoms. The maximum absolute atomic E-state index is 13.4. The van der Waals surface area contributed by atoms with Crippen LogP contribution in [0.15, 0.2) is 4.99 Å². The number of carbonyl (C=O) groups excluding carboxylic acids is 7. The largest absolute Gasteiger partial charge is 0.481 e. The van der Waals surface area contributed by atoms with Crippen molar-refractivity contribution in [1.82, 2.24) is 37.2 Å². The van der Waals surface area contributed by atoms with Crippen molar-refractivity contribution < 1.29 is 58.5 Å². The third-order valence-electron chi connectivity index (χ3n) is 7.27. The first-order valence-electron chi connectivity index (χ1n) is 16.8. The fourth-order valence-corrected chi connectivity index (χ4v) is 4.77. The maximum Gasteiger partial charge on any atom is 0.327 e. The molecule has 0 saturated carbocycles. The number of hydrogen-bond donors (Lipinski definition) is 15. The van der Waals surface area contributed by atoms with Crippen LogP contribution >= 0.6 is 25.3 Å². The van der Waals surface area contributed by atoms with Gasteiger partial charge in [0.15, 0.2) is 5.96 Å². The van der Waals surface area contributed by atoms with Gasteiger partial charge >= 0.3 is 11.9 Å². The van der Waals surface area contributed by atoms with Gasteiger partial charge in [0.2, 0.25) is 41.4 Å². The molecule has 0 aromatic carbocycles. The Morgan fingerprint density at radius 3 is 1.71 bits per heavy atom. The second-order valence-corrected chi connectivity index (χ2v) is 13.2. The highest BCUT2D eigenvalue weighted by molar-refractivity contribution is 7.80. The maximum atomic E-state index is 13.4. The summed E-state index contributed by atoms with van der Waals surface area (Å²) in [6.45, 7) is 3.05. The number of rotatable bonds is 26. The summed E-state index contributed by atoms with van der Waals surface area (Å²) >= 11 is 7.74. The average molecular weight is 824 g/mol. The Morgan fingerprint density at radius 2 is 1.20 bits per heavy atom. The molecule has 0 spiro atoms. The van der Waals surface area contributed by atoms with E-state index in [-0.39, 0.29) is 49.2 Å². The zero-order chi connectivity index (χ0) is 42.4. The number of aliphatic hydroxyl groups is 1. The molecule has 0 bridgehead atoms. The van der Waals surface area contributed by atoms with Crippen LogP contribution in [0.5, 0.6) is 0 Å². The molecule has 0 aliphatic rings. The minimum absolute atomic E-state index is 0.000297. The van der Waals surface area contributed by atoms with Crippen LogP contribution in [0, 0.1) is 5.92 Å². The van der Waals surface area contributed by atoms with Crippen LogP contribution in [-0.4, -0.2) is 148 Å². The zero-order valence-corrected chi connectivity index (χ0v) is 32.4. The van der Waals surface area contributed by atoms with Crippen molar-refractivity contribution in [2.45, 2.75) is 88.7 Å². The van der Waals surface area contributed by atoms with E-state index in [1.54, 1.807) is 13.8 Å². The van der Waals surface area contributed by atoms with Gasteiger partial charge in [-0.25, -0.2) is 4.79 Å². The summed E-state index contributed by atoms with van der Waals surface area (Å²) in [5.74, 6) is -10.3. The van der Waals surface area contributed by atoms with Crippen molar-refractivity contribution in [2.75, 3.05) is 31.2 Å². The topological polar surface area (TPSA) is 389 Å². The predicted octanol–water partition coefficient (Wildman–Crippen LogP) is -6.13. The molecule has 0 aliphatic heterocycles. The summed E-state index contributed by atoms with van der Waals surface area (Å²) in [7, 11) is 0. The Bertz CT molecular complexity index is 1400. The lowest BCUT2D eigenvalue weighted by molar-refractivity contribution is -0.143. The summed E-state index contributed by atoms with van der Waals surface area (Å²) < 4.78 is 0. The molecule has 25 heteroatoms. The molecule has 0 heterocycles. The Kier molecular flexibility index (Phi) is 23.7. The smallest absolute Gasteiger partial charge is 0.327 e. The predicted molar refractivity (Wildman–Crippen MR) is 202 cm³/mol. The quantitative estimate of drug-likeness (QED) is 0.0167. The number of aliphatic hydroxyl groups excluding tert-OH is 1. The molecule has 0 aromatic heterocycles. The first-order valence-corrected chi connectivity index (χ1v) is 18.1. The number of guanidine groups is 1. The van der Waals surface area contributed by atoms with Gasteiger partial charge in [-0.2, -0.15) is 25.3 Å². The van der Waals surface area contributed by atoms with Crippen molar-refractivity contribution in [3.05, 3.63) is 0 Å². The molecule has 0 fully saturated rings. The number of carbonyl (C=O) groups is 9. The normalized spacial score (nSPS) is 14.6. The second-order valence-electron chi connectivity index (χ2n) is 12.5. The van der Waals surface area contributed by atoms with Crippen molar-refractivity contribution in [3.63, 3.8) is 0 Å². The third kappa shape index (κ3) is 20.4. The van der Waals surface area contributed by atoms with Gasteiger partial charge < -0.3 is 69.7 Å². The van der Waals surface area contributed by atoms with E-state index in [1.807, 2.05) is 0 Å². The number of carboxylic acids is 2. The SMILES string of the molecule is CC(C)C[C@H](NC(=O)[C@H](CO)NC(=O)[C@H](CCCN=C(N)N)NC(=O)CNC(=O)[C@@H](N)CS)C(=O)N[C@@H](CC(=O)O)C(=O)N[C@@H](C)C(=O)N[C@@H](CS)C(=O)O. The molecule has 0 aromatic rings. The van der Waals surface area contributed by atoms with Crippen LogP contribution in [0.1, 0.15) is 46.5 Å². The van der Waals surface area contributed by atoms with E-state index < -0.39 is 115 Å². The van der Waals surface area contributed by atoms with Crippen LogP contribution in [0.3, 0.4) is 0 Å². The van der Waals surface area contributed by atoms with Gasteiger partial charge in [0.1, 0.15) is 36.3 Å². The molecule has 0 aliphatic carbocycles. The molecule has 0 saturated heterocycles. The number of nitrogens with two attached hydrogens (primary N) is 3. The van der Waals surface area contributed by atoms with Gasteiger partial charge in [-0.3, -0.25) is 43.3 Å². The molecule has 312 valence electrons. The molecular weight excluding hydrogens is 771 g/mol. The first-order chi connectivity index (χ1) is 25.7. The molecular formula is C30H53N11O12S2. The third-order valence-corrected chi connectivity index (χ3v) is 8.03. The fourth-order valence-electron chi connectivity index (χ4n) is 4.36. The summed E-state index contributed by atoms with van der Waals surface area (Å²) in [5.41, 5.74) is 16.2. The summed E-state index contributed by atoms with van der Waals surface area (Å²) in [6, 6.07) is -10.0. The number of nitrogens with zero attached hydrogens (tertiary/aromatic N) is 1. The van der Waals surface area contributed by atoms with E-state index >= 15 is 0 Å². The van der Waals surface area contributed by atoms with Crippen LogP contribution in [0.25, 0.3) is 0 Å². The number of aliphatic imine (C=N–C) groups is 1. The van der Waals surface area contributed by atoms with Crippen LogP contribution in [-0.2, 0) is 43.2 Å². The highest BCUT2D eigenvalue weighted by atomic mass is 32.1. The lowest BCUT2D eigenvalue weighted by Crippen LogP contribution is -2.60. The van der Waals surface area contributed by atoms with Crippen LogP contribution in [0.4, 0.5) is 0 Å². The summed E-state index contributed by atoms with van der Waals surface area (Å²) in [6.07, 6.45) is -0.942. The molecule has 0 unspecified atom stereocenters. The molecule has 16 N–H and O–H groups in total. The van der Waals surface area contributed by atoms with Gasteiger partial charge in [-0.15, -0.1) is 0 Å². The van der Waals surface area contributed by atoms with E-state index in [9.17, 15) is 53.4 Å². The molecule has 23 nitrogen and oxygen atoms in total. The lowest BCUT2D eigenvalue weighted by atomic mass is 10.0. The van der Waals surface area contributed by atoms with Gasteiger partial charge in [0, 0.05) is 18.1 Å². The highest BCUT2D eigenvalue weighted by Crippen LogP contribution is 2.08. The molecule has 7 amide bonds. The van der Waals surface area contributed by atoms with E-state index in [0.29, 0.717) is 0 Å². The number of hydrogen-bond acceptors (Lipinski definition) is 14. The second kappa shape index (κ2) is 26.0. The molecule has 0 rings (SSSR count). The van der Waals surface area contributed by atoms with Gasteiger partial charge in [-0.1, -0.05) is 13.8 Å². The van der Waals surface area contributed by atoms with Crippen LogP contribution in [0.2, 0.25) is 0 Å². The van der Waals surface area contributed by atoms with Crippen molar-refractivity contribution in [3.8, 4) is 0 Å².